The van der Waals surface area contributed by atoms with E-state index in [1.807, 2.05) is 6.92 Å². The van der Waals surface area contributed by atoms with Gasteiger partial charge < -0.3 is 4.18 Å². The highest BCUT2D eigenvalue weighted by atomic mass is 35.5. The van der Waals surface area contributed by atoms with Gasteiger partial charge in [-0.05, 0) is 80.4 Å². The average Bonchev–Trinajstić information content (AvgIpc) is 2.61. The second-order valence-corrected chi connectivity index (χ2v) is 8.55. The van der Waals surface area contributed by atoms with Crippen molar-refractivity contribution in [1.29, 1.82) is 0 Å². The Labute approximate surface area is 169 Å². The lowest BCUT2D eigenvalue weighted by Crippen LogP contribution is -2.13. The molecule has 0 saturated heterocycles. The second kappa shape index (κ2) is 7.78. The molecule has 0 amide bonds. The van der Waals surface area contributed by atoms with E-state index in [9.17, 15) is 13.2 Å². The Hall–Kier alpha value is -2.63. The number of rotatable bonds is 5. The maximum Gasteiger partial charge on any atom is 0.339 e. The molecule has 0 aliphatic carbocycles. The molecule has 0 spiro atoms. The van der Waals surface area contributed by atoms with Gasteiger partial charge >= 0.3 is 10.1 Å². The van der Waals surface area contributed by atoms with Crippen molar-refractivity contribution in [2.45, 2.75) is 25.7 Å². The third kappa shape index (κ3) is 4.26. The predicted molar refractivity (Wildman–Crippen MR) is 110 cm³/mol. The van der Waals surface area contributed by atoms with E-state index in [4.69, 9.17) is 15.8 Å². The van der Waals surface area contributed by atoms with Gasteiger partial charge in [0.15, 0.2) is 5.78 Å². The van der Waals surface area contributed by atoms with Gasteiger partial charge in [0, 0.05) is 16.1 Å². The van der Waals surface area contributed by atoms with E-state index in [0.29, 0.717) is 27.3 Å². The summed E-state index contributed by atoms with van der Waals surface area (Å²) in [4.78, 5) is 12.7. The quantitative estimate of drug-likeness (QED) is 0.421. The van der Waals surface area contributed by atoms with Gasteiger partial charge in [-0.2, -0.15) is 8.42 Å². The summed E-state index contributed by atoms with van der Waals surface area (Å²) in [5.41, 5.74) is 3.17. The van der Waals surface area contributed by atoms with Gasteiger partial charge in [-0.25, -0.2) is 0 Å². The van der Waals surface area contributed by atoms with Crippen LogP contribution in [0.3, 0.4) is 0 Å². The smallest absolute Gasteiger partial charge is 0.339 e. The highest BCUT2D eigenvalue weighted by Gasteiger charge is 2.22. The summed E-state index contributed by atoms with van der Waals surface area (Å²) in [5, 5.41) is 0.548. The van der Waals surface area contributed by atoms with Crippen LogP contribution < -0.4 is 4.18 Å². The van der Waals surface area contributed by atoms with Crippen LogP contribution in [0.5, 0.6) is 5.75 Å². The minimum Gasteiger partial charge on any atom is -0.379 e. The first-order valence-corrected chi connectivity index (χ1v) is 10.4. The van der Waals surface area contributed by atoms with Crippen LogP contribution in [0.4, 0.5) is 0 Å². The summed E-state index contributed by atoms with van der Waals surface area (Å²) in [6, 6.07) is 16.2. The van der Waals surface area contributed by atoms with E-state index >= 15 is 0 Å². The van der Waals surface area contributed by atoms with Gasteiger partial charge in [0.1, 0.15) is 10.6 Å². The summed E-state index contributed by atoms with van der Waals surface area (Å²) in [6.07, 6.45) is 0. The van der Waals surface area contributed by atoms with Crippen molar-refractivity contribution in [2.75, 3.05) is 0 Å². The molecule has 28 heavy (non-hydrogen) atoms. The summed E-state index contributed by atoms with van der Waals surface area (Å²) < 4.78 is 30.7. The van der Waals surface area contributed by atoms with E-state index in [2.05, 4.69) is 0 Å². The summed E-state index contributed by atoms with van der Waals surface area (Å²) in [5.74, 6) is -0.0386. The van der Waals surface area contributed by atoms with Gasteiger partial charge in [0.2, 0.25) is 0 Å². The first kappa shape index (κ1) is 20.1. The average molecular weight is 415 g/mol. The van der Waals surface area contributed by atoms with Gasteiger partial charge in [-0.3, -0.25) is 4.79 Å². The fraction of sp³-hybridized carbons (Fsp3) is 0.136. The fourth-order valence-electron chi connectivity index (χ4n) is 3.16. The van der Waals surface area contributed by atoms with E-state index in [1.54, 1.807) is 50.2 Å². The number of benzene rings is 3. The number of hydrogen-bond acceptors (Lipinski definition) is 4. The molecule has 0 saturated carbocycles. The fourth-order valence-corrected chi connectivity index (χ4v) is 4.64. The topological polar surface area (TPSA) is 60.4 Å². The number of ketones is 1. The monoisotopic (exact) mass is 414 g/mol. The Morgan fingerprint density at radius 3 is 1.79 bits per heavy atom. The third-order valence-electron chi connectivity index (χ3n) is 4.28. The van der Waals surface area contributed by atoms with E-state index in [-0.39, 0.29) is 16.4 Å². The van der Waals surface area contributed by atoms with E-state index in [1.165, 1.54) is 24.3 Å². The molecule has 0 aliphatic heterocycles. The molecule has 0 heterocycles. The molecule has 6 heteroatoms. The van der Waals surface area contributed by atoms with Crippen molar-refractivity contribution in [3.63, 3.8) is 0 Å². The molecular weight excluding hydrogens is 396 g/mol. The Bertz CT molecular complexity index is 1110. The number of halogens is 1. The van der Waals surface area contributed by atoms with Crippen molar-refractivity contribution in [3.05, 3.63) is 93.5 Å². The van der Waals surface area contributed by atoms with Crippen LogP contribution in [0.15, 0.2) is 65.6 Å². The molecule has 0 aliphatic rings. The standard InChI is InChI=1S/C22H19ClO4S/c1-14-12-15(2)22(16(3)13-14)28(25,26)27-20-10-6-18(7-11-20)21(24)17-4-8-19(23)9-5-17/h4-13H,1-3H3. The van der Waals surface area contributed by atoms with Crippen LogP contribution in [-0.2, 0) is 10.1 Å². The number of carbonyl (C=O) groups is 1. The molecule has 0 atom stereocenters. The molecule has 0 bridgehead atoms. The predicted octanol–water partition coefficient (Wildman–Crippen LogP) is 5.26. The van der Waals surface area contributed by atoms with Gasteiger partial charge in [-0.1, -0.05) is 29.3 Å². The van der Waals surface area contributed by atoms with E-state index < -0.39 is 10.1 Å². The first-order valence-electron chi connectivity index (χ1n) is 8.60. The lowest BCUT2D eigenvalue weighted by molar-refractivity contribution is 0.103. The summed E-state index contributed by atoms with van der Waals surface area (Å²) in [6.45, 7) is 5.39. The Morgan fingerprint density at radius 2 is 1.29 bits per heavy atom. The zero-order valence-corrected chi connectivity index (χ0v) is 17.3. The van der Waals surface area contributed by atoms with Gasteiger partial charge in [0.05, 0.1) is 0 Å². The molecule has 0 aromatic heterocycles. The number of carbonyl (C=O) groups excluding carboxylic acids is 1. The lowest BCUT2D eigenvalue weighted by atomic mass is 10.0. The van der Waals surface area contributed by atoms with Crippen LogP contribution in [0.25, 0.3) is 0 Å². The molecule has 3 aromatic rings. The Kier molecular flexibility index (Phi) is 5.59. The maximum absolute atomic E-state index is 12.7. The molecule has 0 radical (unpaired) electrons. The van der Waals surface area contributed by atoms with Crippen LogP contribution in [0.2, 0.25) is 5.02 Å². The molecule has 0 fully saturated rings. The first-order chi connectivity index (χ1) is 13.2. The normalized spacial score (nSPS) is 11.3. The molecule has 3 rings (SSSR count). The van der Waals surface area contributed by atoms with Crippen molar-refractivity contribution >= 4 is 27.5 Å². The molecule has 144 valence electrons. The zero-order chi connectivity index (χ0) is 20.5. The lowest BCUT2D eigenvalue weighted by Gasteiger charge is -2.13. The molecule has 4 nitrogen and oxygen atoms in total. The number of hydrogen-bond donors (Lipinski definition) is 0. The van der Waals surface area contributed by atoms with Crippen LogP contribution in [0, 0.1) is 20.8 Å². The highest BCUT2D eigenvalue weighted by Crippen LogP contribution is 2.26. The van der Waals surface area contributed by atoms with Crippen molar-refractivity contribution in [2.24, 2.45) is 0 Å². The minimum absolute atomic E-state index is 0.145. The maximum atomic E-state index is 12.7. The molecule has 0 unspecified atom stereocenters. The second-order valence-electron chi connectivity index (χ2n) is 6.63. The molecule has 3 aromatic carbocycles. The van der Waals surface area contributed by atoms with Gasteiger partial charge in [-0.15, -0.1) is 0 Å². The van der Waals surface area contributed by atoms with E-state index in [0.717, 1.165) is 5.56 Å². The zero-order valence-electron chi connectivity index (χ0n) is 15.7. The third-order valence-corrected chi connectivity index (χ3v) is 6.09. The molecular formula is C22H19ClO4S. The van der Waals surface area contributed by atoms with Crippen LogP contribution in [-0.4, -0.2) is 14.2 Å². The van der Waals surface area contributed by atoms with Crippen LogP contribution >= 0.6 is 11.6 Å². The minimum atomic E-state index is -3.98. The van der Waals surface area contributed by atoms with Crippen molar-refractivity contribution in [3.8, 4) is 5.75 Å². The van der Waals surface area contributed by atoms with Crippen molar-refractivity contribution < 1.29 is 17.4 Å². The largest absolute Gasteiger partial charge is 0.379 e. The Morgan fingerprint density at radius 1 is 0.821 bits per heavy atom. The van der Waals surface area contributed by atoms with Gasteiger partial charge in [0.25, 0.3) is 0 Å². The summed E-state index contributed by atoms with van der Waals surface area (Å²) in [7, 11) is -3.98. The van der Waals surface area contributed by atoms with Crippen LogP contribution in [0.1, 0.15) is 32.6 Å². The Balaban J connectivity index is 1.84. The molecule has 0 N–H and O–H groups in total. The SMILES string of the molecule is Cc1cc(C)c(S(=O)(=O)Oc2ccc(C(=O)c3ccc(Cl)cc3)cc2)c(C)c1. The number of aryl methyl sites for hydroxylation is 3. The summed E-state index contributed by atoms with van der Waals surface area (Å²) >= 11 is 5.84. The highest BCUT2D eigenvalue weighted by molar-refractivity contribution is 7.87. The van der Waals surface area contributed by atoms with Crippen molar-refractivity contribution in [1.82, 2.24) is 0 Å².